The van der Waals surface area contributed by atoms with E-state index in [1.807, 2.05) is 18.2 Å². The lowest BCUT2D eigenvalue weighted by Gasteiger charge is -2.18. The second-order valence-corrected chi connectivity index (χ2v) is 6.48. The average Bonchev–Trinajstić information content (AvgIpc) is 2.95. The van der Waals surface area contributed by atoms with Gasteiger partial charge >= 0.3 is 0 Å². The minimum Gasteiger partial charge on any atom is -0.368 e. The fraction of sp³-hybridized carbons (Fsp3) is 0.500. The van der Waals surface area contributed by atoms with Gasteiger partial charge in [-0.15, -0.1) is 0 Å². The summed E-state index contributed by atoms with van der Waals surface area (Å²) in [6, 6.07) is 6.51. The summed E-state index contributed by atoms with van der Waals surface area (Å²) in [5.74, 6) is -1.18. The zero-order valence-electron chi connectivity index (χ0n) is 14.8. The number of nitrogens with one attached hydrogen (secondary N) is 1. The third kappa shape index (κ3) is 4.35. The van der Waals surface area contributed by atoms with Crippen LogP contribution in [0.5, 0.6) is 0 Å². The highest BCUT2D eigenvalue weighted by molar-refractivity contribution is 6.06. The van der Waals surface area contributed by atoms with Crippen LogP contribution in [0, 0.1) is 5.92 Å². The first-order valence-electron chi connectivity index (χ1n) is 8.54. The van der Waals surface area contributed by atoms with E-state index in [2.05, 4.69) is 10.4 Å². The summed E-state index contributed by atoms with van der Waals surface area (Å²) in [6.45, 7) is 5.78. The van der Waals surface area contributed by atoms with Gasteiger partial charge in [0.15, 0.2) is 5.69 Å². The highest BCUT2D eigenvalue weighted by Crippen LogP contribution is 2.20. The quantitative estimate of drug-likeness (QED) is 0.767. The molecule has 0 unspecified atom stereocenters. The van der Waals surface area contributed by atoms with Crippen LogP contribution >= 0.6 is 0 Å². The molecule has 2 amide bonds. The van der Waals surface area contributed by atoms with Crippen molar-refractivity contribution in [3.63, 3.8) is 0 Å². The molecule has 0 spiro atoms. The molecule has 3 N–H and O–H groups in total. The first-order valence-corrected chi connectivity index (χ1v) is 8.54. The SMILES string of the molecule is CC[C@@H](F)CCn1nc(C(=O)N[C@@H](C(N)=O)C(C)C)c2ccccc21. The molecule has 0 bridgehead atoms. The van der Waals surface area contributed by atoms with Gasteiger partial charge in [0.05, 0.1) is 5.52 Å². The number of rotatable bonds is 8. The van der Waals surface area contributed by atoms with E-state index >= 15 is 0 Å². The normalized spacial score (nSPS) is 13.8. The molecule has 0 aliphatic heterocycles. The Labute approximate surface area is 146 Å². The van der Waals surface area contributed by atoms with E-state index in [9.17, 15) is 14.0 Å². The summed E-state index contributed by atoms with van der Waals surface area (Å²) in [6.07, 6.45) is -0.124. The number of primary amides is 1. The number of nitrogens with two attached hydrogens (primary N) is 1. The number of benzene rings is 1. The lowest BCUT2D eigenvalue weighted by molar-refractivity contribution is -0.120. The second-order valence-electron chi connectivity index (χ2n) is 6.48. The number of alkyl halides is 1. The van der Waals surface area contributed by atoms with Crippen LogP contribution in [0.2, 0.25) is 0 Å². The largest absolute Gasteiger partial charge is 0.368 e. The molecule has 1 aromatic carbocycles. The summed E-state index contributed by atoms with van der Waals surface area (Å²) in [5.41, 5.74) is 6.33. The van der Waals surface area contributed by atoms with Crippen molar-refractivity contribution in [1.29, 1.82) is 0 Å². The van der Waals surface area contributed by atoms with Crippen LogP contribution in [0.1, 0.15) is 44.1 Å². The summed E-state index contributed by atoms with van der Waals surface area (Å²) in [4.78, 5) is 24.1. The number of fused-ring (bicyclic) bond motifs is 1. The zero-order chi connectivity index (χ0) is 18.6. The standard InChI is InChI=1S/C18H25FN4O2/c1-4-12(19)9-10-23-14-8-6-5-7-13(14)16(22-23)18(25)21-15(11(2)3)17(20)24/h5-8,11-12,15H,4,9-10H2,1-3H3,(H2,20,24)(H,21,25)/t12-,15-/m1/s1. The molecule has 6 nitrogen and oxygen atoms in total. The van der Waals surface area contributed by atoms with Crippen molar-refractivity contribution < 1.29 is 14.0 Å². The maximum Gasteiger partial charge on any atom is 0.273 e. The van der Waals surface area contributed by atoms with Crippen molar-refractivity contribution in [1.82, 2.24) is 15.1 Å². The van der Waals surface area contributed by atoms with Crippen molar-refractivity contribution in [3.8, 4) is 0 Å². The van der Waals surface area contributed by atoms with Gasteiger partial charge in [-0.05, 0) is 24.8 Å². The van der Waals surface area contributed by atoms with Gasteiger partial charge in [0.2, 0.25) is 5.91 Å². The highest BCUT2D eigenvalue weighted by Gasteiger charge is 2.25. The number of nitrogens with zero attached hydrogens (tertiary/aromatic N) is 2. The number of carbonyl (C=O) groups is 2. The van der Waals surface area contributed by atoms with Gasteiger partial charge in [-0.3, -0.25) is 14.3 Å². The first kappa shape index (κ1) is 18.9. The number of para-hydroxylation sites is 1. The average molecular weight is 348 g/mol. The van der Waals surface area contributed by atoms with Gasteiger partial charge < -0.3 is 11.1 Å². The Morgan fingerprint density at radius 2 is 2.00 bits per heavy atom. The fourth-order valence-electron chi connectivity index (χ4n) is 2.71. The van der Waals surface area contributed by atoms with Crippen molar-refractivity contribution in [2.45, 2.75) is 52.4 Å². The smallest absolute Gasteiger partial charge is 0.273 e. The van der Waals surface area contributed by atoms with E-state index in [0.29, 0.717) is 24.8 Å². The van der Waals surface area contributed by atoms with E-state index in [-0.39, 0.29) is 11.6 Å². The number of hydrogen-bond acceptors (Lipinski definition) is 3. The van der Waals surface area contributed by atoms with E-state index in [1.54, 1.807) is 31.5 Å². The van der Waals surface area contributed by atoms with Crippen molar-refractivity contribution in [2.24, 2.45) is 11.7 Å². The number of amides is 2. The fourth-order valence-corrected chi connectivity index (χ4v) is 2.71. The Hall–Kier alpha value is -2.44. The summed E-state index contributed by atoms with van der Waals surface area (Å²) in [7, 11) is 0. The molecule has 1 heterocycles. The second kappa shape index (κ2) is 8.09. The molecule has 2 rings (SSSR count). The molecule has 0 aliphatic carbocycles. The maximum atomic E-state index is 13.6. The number of carbonyl (C=O) groups excluding carboxylic acids is 2. The Morgan fingerprint density at radius 1 is 1.32 bits per heavy atom. The van der Waals surface area contributed by atoms with E-state index in [4.69, 9.17) is 5.73 Å². The lowest BCUT2D eigenvalue weighted by atomic mass is 10.0. The third-order valence-electron chi connectivity index (χ3n) is 4.23. The van der Waals surface area contributed by atoms with E-state index in [1.165, 1.54) is 0 Å². The topological polar surface area (TPSA) is 90.0 Å². The molecule has 0 aliphatic rings. The predicted octanol–water partition coefficient (Wildman–Crippen LogP) is 2.41. The Balaban J connectivity index is 2.31. The van der Waals surface area contributed by atoms with Gasteiger partial charge in [0.1, 0.15) is 12.2 Å². The molecule has 0 radical (unpaired) electrons. The number of aromatic nitrogens is 2. The first-order chi connectivity index (χ1) is 11.8. The maximum absolute atomic E-state index is 13.6. The minimum absolute atomic E-state index is 0.133. The lowest BCUT2D eigenvalue weighted by Crippen LogP contribution is -2.47. The molecule has 1 aromatic heterocycles. The van der Waals surface area contributed by atoms with Crippen LogP contribution in [-0.4, -0.2) is 33.8 Å². The summed E-state index contributed by atoms with van der Waals surface area (Å²) < 4.78 is 15.2. The number of hydrogen-bond donors (Lipinski definition) is 2. The number of halogens is 1. The van der Waals surface area contributed by atoms with Gasteiger partial charge in [-0.2, -0.15) is 5.10 Å². The Kier molecular flexibility index (Phi) is 6.12. The zero-order valence-corrected chi connectivity index (χ0v) is 14.8. The Morgan fingerprint density at radius 3 is 2.60 bits per heavy atom. The Bertz CT molecular complexity index is 757. The van der Waals surface area contributed by atoms with E-state index < -0.39 is 24.0 Å². The van der Waals surface area contributed by atoms with Crippen LogP contribution in [0.3, 0.4) is 0 Å². The van der Waals surface area contributed by atoms with Crippen LogP contribution in [0.15, 0.2) is 24.3 Å². The third-order valence-corrected chi connectivity index (χ3v) is 4.23. The van der Waals surface area contributed by atoms with Crippen LogP contribution in [0.4, 0.5) is 4.39 Å². The van der Waals surface area contributed by atoms with Gasteiger partial charge in [0, 0.05) is 11.9 Å². The van der Waals surface area contributed by atoms with Gasteiger partial charge in [-0.25, -0.2) is 4.39 Å². The van der Waals surface area contributed by atoms with Crippen molar-refractivity contribution in [2.75, 3.05) is 0 Å². The van der Waals surface area contributed by atoms with Crippen LogP contribution in [0.25, 0.3) is 10.9 Å². The molecule has 0 saturated carbocycles. The van der Waals surface area contributed by atoms with Crippen molar-refractivity contribution >= 4 is 22.7 Å². The molecular weight excluding hydrogens is 323 g/mol. The monoisotopic (exact) mass is 348 g/mol. The minimum atomic E-state index is -0.902. The summed E-state index contributed by atoms with van der Waals surface area (Å²) in [5, 5.41) is 7.67. The van der Waals surface area contributed by atoms with Crippen LogP contribution < -0.4 is 11.1 Å². The molecule has 25 heavy (non-hydrogen) atoms. The number of aryl methyl sites for hydroxylation is 1. The molecule has 7 heteroatoms. The molecule has 136 valence electrons. The summed E-state index contributed by atoms with van der Waals surface area (Å²) >= 11 is 0. The molecule has 2 atom stereocenters. The molecular formula is C18H25FN4O2. The molecule has 2 aromatic rings. The van der Waals surface area contributed by atoms with E-state index in [0.717, 1.165) is 5.52 Å². The molecule has 0 saturated heterocycles. The van der Waals surface area contributed by atoms with Gasteiger partial charge in [0.25, 0.3) is 5.91 Å². The predicted molar refractivity (Wildman–Crippen MR) is 94.8 cm³/mol. The molecule has 0 fully saturated rings. The van der Waals surface area contributed by atoms with Crippen LogP contribution in [-0.2, 0) is 11.3 Å². The van der Waals surface area contributed by atoms with Crippen molar-refractivity contribution in [3.05, 3.63) is 30.0 Å². The van der Waals surface area contributed by atoms with Gasteiger partial charge in [-0.1, -0.05) is 39.0 Å². The highest BCUT2D eigenvalue weighted by atomic mass is 19.1.